The average molecular weight is 422 g/mol. The molecule has 0 bridgehead atoms. The number of carbonyl (C=O) groups excluding carboxylic acids is 1. The molecule has 0 radical (unpaired) electrons. The first-order valence-electron chi connectivity index (χ1n) is 10.1. The normalized spacial score (nSPS) is 13.3. The Kier molecular flexibility index (Phi) is 6.21. The maximum absolute atomic E-state index is 13.0. The predicted molar refractivity (Wildman–Crippen MR) is 119 cm³/mol. The Morgan fingerprint density at radius 1 is 1.13 bits per heavy atom. The molecular formula is C23H25N4O2S+. The smallest absolute Gasteiger partial charge is 0.282 e. The van der Waals surface area contributed by atoms with Crippen molar-refractivity contribution in [3.05, 3.63) is 65.9 Å². The Balaban J connectivity index is 1.45. The number of aromatic nitrogens is 2. The summed E-state index contributed by atoms with van der Waals surface area (Å²) in [4.78, 5) is 15.0. The molecule has 0 saturated carbocycles. The van der Waals surface area contributed by atoms with Crippen molar-refractivity contribution < 1.29 is 14.1 Å². The summed E-state index contributed by atoms with van der Waals surface area (Å²) < 4.78 is 5.84. The Labute approximate surface area is 179 Å². The summed E-state index contributed by atoms with van der Waals surface area (Å²) in [6, 6.07) is 17.7. The molecule has 30 heavy (non-hydrogen) atoms. The molecule has 7 heteroatoms. The van der Waals surface area contributed by atoms with E-state index in [1.165, 1.54) is 0 Å². The molecule has 2 N–H and O–H groups in total. The van der Waals surface area contributed by atoms with Gasteiger partial charge in [-0.05, 0) is 47.7 Å². The Morgan fingerprint density at radius 2 is 1.97 bits per heavy atom. The summed E-state index contributed by atoms with van der Waals surface area (Å²) in [7, 11) is 0. The molecule has 2 atom stereocenters. The van der Waals surface area contributed by atoms with E-state index in [0.29, 0.717) is 18.3 Å². The molecule has 1 unspecified atom stereocenters. The zero-order valence-electron chi connectivity index (χ0n) is 17.1. The Morgan fingerprint density at radius 3 is 2.73 bits per heavy atom. The number of fused-ring (bicyclic) bond motifs is 1. The maximum atomic E-state index is 13.0. The first-order chi connectivity index (χ1) is 14.6. The van der Waals surface area contributed by atoms with Crippen molar-refractivity contribution in [1.82, 2.24) is 10.2 Å². The van der Waals surface area contributed by atoms with E-state index in [-0.39, 0.29) is 11.9 Å². The number of nitrogens with zero attached hydrogens (tertiary/aromatic N) is 2. The zero-order valence-corrected chi connectivity index (χ0v) is 17.9. The molecular weight excluding hydrogens is 396 g/mol. The molecule has 4 aromatic rings. The highest BCUT2D eigenvalue weighted by Crippen LogP contribution is 2.22. The number of carbonyl (C=O) groups is 1. The highest BCUT2D eigenvalue weighted by molar-refractivity contribution is 7.13. The van der Waals surface area contributed by atoms with E-state index < -0.39 is 0 Å². The van der Waals surface area contributed by atoms with Crippen LogP contribution in [0.3, 0.4) is 0 Å². The zero-order chi connectivity index (χ0) is 20.9. The van der Waals surface area contributed by atoms with Gasteiger partial charge in [0.2, 0.25) is 0 Å². The van der Waals surface area contributed by atoms with E-state index in [4.69, 9.17) is 4.42 Å². The van der Waals surface area contributed by atoms with Crippen molar-refractivity contribution >= 4 is 33.7 Å². The highest BCUT2D eigenvalue weighted by atomic mass is 32.1. The minimum Gasteiger partial charge on any atom is -0.414 e. The fraction of sp³-hybridized carbons (Fsp3) is 0.261. The van der Waals surface area contributed by atoms with Crippen LogP contribution in [0.4, 0.5) is 5.69 Å². The molecule has 0 aliphatic rings. The monoisotopic (exact) mass is 421 g/mol. The molecule has 4 rings (SSSR count). The predicted octanol–water partition coefficient (Wildman–Crippen LogP) is 3.77. The van der Waals surface area contributed by atoms with Gasteiger partial charge in [-0.15, -0.1) is 21.5 Å². The van der Waals surface area contributed by atoms with E-state index in [9.17, 15) is 4.79 Å². The SMILES string of the molecule is CCC[NH+](Cc1nnc(-c2cccs2)o1)[C@@H](C)C(=O)Nc1ccc2ccccc2c1. The minimum atomic E-state index is -0.256. The summed E-state index contributed by atoms with van der Waals surface area (Å²) in [5, 5.41) is 15.6. The first-order valence-corrected chi connectivity index (χ1v) is 11.0. The van der Waals surface area contributed by atoms with E-state index >= 15 is 0 Å². The number of benzene rings is 2. The van der Waals surface area contributed by atoms with Gasteiger partial charge in [-0.3, -0.25) is 4.79 Å². The van der Waals surface area contributed by atoms with Gasteiger partial charge in [-0.2, -0.15) is 0 Å². The summed E-state index contributed by atoms with van der Waals surface area (Å²) in [6.45, 7) is 5.40. The fourth-order valence-corrected chi connectivity index (χ4v) is 4.15. The second kappa shape index (κ2) is 9.19. The van der Waals surface area contributed by atoms with Gasteiger partial charge in [0.25, 0.3) is 17.7 Å². The molecule has 1 amide bonds. The third kappa shape index (κ3) is 4.58. The minimum absolute atomic E-state index is 0.0215. The van der Waals surface area contributed by atoms with Gasteiger partial charge in [-0.1, -0.05) is 43.3 Å². The van der Waals surface area contributed by atoms with Crippen LogP contribution < -0.4 is 10.2 Å². The lowest BCUT2D eigenvalue weighted by atomic mass is 10.1. The van der Waals surface area contributed by atoms with Crippen LogP contribution in [0.5, 0.6) is 0 Å². The molecule has 0 aliphatic carbocycles. The summed E-state index contributed by atoms with van der Waals surface area (Å²) in [6.07, 6.45) is 0.953. The van der Waals surface area contributed by atoms with Gasteiger partial charge < -0.3 is 14.6 Å². The molecule has 154 valence electrons. The number of thiophene rings is 1. The first kappa shape index (κ1) is 20.3. The highest BCUT2D eigenvalue weighted by Gasteiger charge is 2.27. The standard InChI is InChI=1S/C23H24N4O2S/c1-3-12-27(15-21-25-26-23(29-21)20-9-6-13-30-20)16(2)22(28)24-19-11-10-17-7-4-5-8-18(17)14-19/h4-11,13-14,16H,3,12,15H2,1-2H3,(H,24,28)/p+1/t16-/m0/s1. The van der Waals surface area contributed by atoms with Gasteiger partial charge >= 0.3 is 0 Å². The van der Waals surface area contributed by atoms with Crippen LogP contribution in [0.25, 0.3) is 21.5 Å². The van der Waals surface area contributed by atoms with Gasteiger partial charge in [0.05, 0.1) is 11.4 Å². The lowest BCUT2D eigenvalue weighted by Gasteiger charge is -2.23. The summed E-state index contributed by atoms with van der Waals surface area (Å²) >= 11 is 1.56. The lowest BCUT2D eigenvalue weighted by Crippen LogP contribution is -3.15. The quantitative estimate of drug-likeness (QED) is 0.454. The third-order valence-electron chi connectivity index (χ3n) is 5.17. The largest absolute Gasteiger partial charge is 0.414 e. The van der Waals surface area contributed by atoms with Crippen LogP contribution in [0.2, 0.25) is 0 Å². The average Bonchev–Trinajstić information content (AvgIpc) is 3.45. The number of hydrogen-bond donors (Lipinski definition) is 2. The maximum Gasteiger partial charge on any atom is 0.282 e. The van der Waals surface area contributed by atoms with E-state index in [1.807, 2.05) is 60.8 Å². The molecule has 2 heterocycles. The topological polar surface area (TPSA) is 72.5 Å². The van der Waals surface area contributed by atoms with Crippen LogP contribution in [0.15, 0.2) is 64.4 Å². The second-order valence-electron chi connectivity index (χ2n) is 7.34. The van der Waals surface area contributed by atoms with Crippen LogP contribution in [0, 0.1) is 0 Å². The fourth-order valence-electron chi connectivity index (χ4n) is 3.50. The third-order valence-corrected chi connectivity index (χ3v) is 6.03. The van der Waals surface area contributed by atoms with Crippen molar-refractivity contribution in [2.75, 3.05) is 11.9 Å². The van der Waals surface area contributed by atoms with Gasteiger partial charge in [-0.25, -0.2) is 0 Å². The van der Waals surface area contributed by atoms with Crippen molar-refractivity contribution in [2.24, 2.45) is 0 Å². The summed E-state index contributed by atoms with van der Waals surface area (Å²) in [5.41, 5.74) is 0.805. The number of amides is 1. The Hall–Kier alpha value is -3.03. The lowest BCUT2D eigenvalue weighted by molar-refractivity contribution is -0.928. The molecule has 2 aromatic carbocycles. The van der Waals surface area contributed by atoms with Crippen LogP contribution in [0.1, 0.15) is 26.2 Å². The van der Waals surface area contributed by atoms with Crippen molar-refractivity contribution in [1.29, 1.82) is 0 Å². The van der Waals surface area contributed by atoms with Crippen LogP contribution in [-0.4, -0.2) is 28.7 Å². The van der Waals surface area contributed by atoms with Crippen LogP contribution >= 0.6 is 11.3 Å². The summed E-state index contributed by atoms with van der Waals surface area (Å²) in [5.74, 6) is 1.06. The van der Waals surface area contributed by atoms with Gasteiger partial charge in [0.1, 0.15) is 0 Å². The van der Waals surface area contributed by atoms with Crippen molar-refractivity contribution in [2.45, 2.75) is 32.9 Å². The van der Waals surface area contributed by atoms with E-state index in [0.717, 1.165) is 39.2 Å². The molecule has 0 fully saturated rings. The number of hydrogen-bond acceptors (Lipinski definition) is 5. The van der Waals surface area contributed by atoms with Crippen molar-refractivity contribution in [3.8, 4) is 10.8 Å². The number of anilines is 1. The van der Waals surface area contributed by atoms with E-state index in [2.05, 4.69) is 28.5 Å². The molecule has 6 nitrogen and oxygen atoms in total. The Bertz CT molecular complexity index is 1120. The van der Waals surface area contributed by atoms with Crippen LogP contribution in [-0.2, 0) is 11.3 Å². The number of rotatable bonds is 8. The molecule has 0 aliphatic heterocycles. The van der Waals surface area contributed by atoms with Gasteiger partial charge in [0, 0.05) is 5.69 Å². The van der Waals surface area contributed by atoms with Gasteiger partial charge in [0.15, 0.2) is 12.6 Å². The number of nitrogens with one attached hydrogen (secondary N) is 2. The van der Waals surface area contributed by atoms with E-state index in [1.54, 1.807) is 11.3 Å². The van der Waals surface area contributed by atoms with Crippen molar-refractivity contribution in [3.63, 3.8) is 0 Å². The molecule has 0 saturated heterocycles. The second-order valence-corrected chi connectivity index (χ2v) is 8.28. The number of quaternary nitrogens is 1. The molecule has 2 aromatic heterocycles. The molecule has 0 spiro atoms.